The van der Waals surface area contributed by atoms with Gasteiger partial charge in [-0.3, -0.25) is 0 Å². The zero-order chi connectivity index (χ0) is 15.5. The molecule has 22 heavy (non-hydrogen) atoms. The predicted octanol–water partition coefficient (Wildman–Crippen LogP) is 2.72. The molecule has 3 aliphatic rings. The number of hydrogen-bond acceptors (Lipinski definition) is 4. The average Bonchev–Trinajstić information content (AvgIpc) is 2.99. The first-order valence-corrected chi connectivity index (χ1v) is 8.39. The maximum atomic E-state index is 6.23. The zero-order valence-electron chi connectivity index (χ0n) is 13.7. The van der Waals surface area contributed by atoms with Crippen LogP contribution in [0.4, 0.5) is 0 Å². The minimum atomic E-state index is 0.0813. The number of rotatable bonds is 3. The lowest BCUT2D eigenvalue weighted by Gasteiger charge is -2.43. The molecule has 1 aliphatic carbocycles. The molecule has 1 saturated carbocycles. The standard InChI is InChI=1S/C18H25NO3/c1-10-7-12-14(18(9-19)5-4-6-18)15-13(8-11(2)21-15)16(20-3)17(12)22-10/h10-11H,4-9,19H2,1-3H3. The Balaban J connectivity index is 1.98. The molecule has 0 bridgehead atoms. The van der Waals surface area contributed by atoms with Crippen LogP contribution in [0, 0.1) is 0 Å². The second-order valence-corrected chi connectivity index (χ2v) is 7.13. The summed E-state index contributed by atoms with van der Waals surface area (Å²) >= 11 is 0. The summed E-state index contributed by atoms with van der Waals surface area (Å²) in [6, 6.07) is 0. The highest BCUT2D eigenvalue weighted by Crippen LogP contribution is 2.58. The molecule has 2 unspecified atom stereocenters. The van der Waals surface area contributed by atoms with Crippen molar-refractivity contribution in [2.45, 2.75) is 63.6 Å². The van der Waals surface area contributed by atoms with Gasteiger partial charge in [0.1, 0.15) is 18.0 Å². The molecule has 2 aliphatic heterocycles. The van der Waals surface area contributed by atoms with Gasteiger partial charge in [0.05, 0.1) is 7.11 Å². The Labute approximate surface area is 131 Å². The second kappa shape index (κ2) is 4.79. The molecule has 4 nitrogen and oxygen atoms in total. The lowest BCUT2D eigenvalue weighted by molar-refractivity contribution is 0.218. The van der Waals surface area contributed by atoms with Crippen molar-refractivity contribution in [1.82, 2.24) is 0 Å². The number of fused-ring (bicyclic) bond motifs is 2. The molecule has 2 N–H and O–H groups in total. The highest BCUT2D eigenvalue weighted by Gasteiger charge is 2.47. The third kappa shape index (κ3) is 1.73. The average molecular weight is 303 g/mol. The molecule has 0 amide bonds. The summed E-state index contributed by atoms with van der Waals surface area (Å²) in [5, 5.41) is 0. The van der Waals surface area contributed by atoms with Crippen LogP contribution in [0.1, 0.15) is 49.8 Å². The smallest absolute Gasteiger partial charge is 0.168 e. The van der Waals surface area contributed by atoms with E-state index in [0.717, 1.165) is 42.9 Å². The summed E-state index contributed by atoms with van der Waals surface area (Å²) < 4.78 is 18.1. The highest BCUT2D eigenvalue weighted by molar-refractivity contribution is 5.68. The molecule has 1 aromatic carbocycles. The van der Waals surface area contributed by atoms with Crippen LogP contribution < -0.4 is 19.9 Å². The summed E-state index contributed by atoms with van der Waals surface area (Å²) in [6.45, 7) is 4.92. The lowest BCUT2D eigenvalue weighted by atomic mass is 9.62. The minimum absolute atomic E-state index is 0.0813. The van der Waals surface area contributed by atoms with Crippen molar-refractivity contribution in [3.63, 3.8) is 0 Å². The van der Waals surface area contributed by atoms with Crippen LogP contribution in [-0.4, -0.2) is 25.9 Å². The van der Waals surface area contributed by atoms with Crippen molar-refractivity contribution < 1.29 is 14.2 Å². The Morgan fingerprint density at radius 3 is 2.27 bits per heavy atom. The summed E-state index contributed by atoms with van der Waals surface area (Å²) in [6.07, 6.45) is 5.75. The van der Waals surface area contributed by atoms with Crippen molar-refractivity contribution >= 4 is 0 Å². The summed E-state index contributed by atoms with van der Waals surface area (Å²) in [5.41, 5.74) is 10.1. The molecule has 4 heteroatoms. The van der Waals surface area contributed by atoms with Gasteiger partial charge in [-0.05, 0) is 26.7 Å². The quantitative estimate of drug-likeness (QED) is 0.933. The van der Waals surface area contributed by atoms with Gasteiger partial charge in [-0.15, -0.1) is 0 Å². The van der Waals surface area contributed by atoms with Gasteiger partial charge in [0, 0.05) is 41.5 Å². The van der Waals surface area contributed by atoms with Crippen LogP contribution in [0.3, 0.4) is 0 Å². The van der Waals surface area contributed by atoms with Gasteiger partial charge in [0.2, 0.25) is 0 Å². The van der Waals surface area contributed by atoms with Crippen LogP contribution in [0.25, 0.3) is 0 Å². The van der Waals surface area contributed by atoms with Gasteiger partial charge in [-0.1, -0.05) is 6.42 Å². The van der Waals surface area contributed by atoms with E-state index in [9.17, 15) is 0 Å². The first-order valence-electron chi connectivity index (χ1n) is 8.39. The first-order chi connectivity index (χ1) is 10.6. The van der Waals surface area contributed by atoms with E-state index in [4.69, 9.17) is 19.9 Å². The molecule has 0 radical (unpaired) electrons. The van der Waals surface area contributed by atoms with Gasteiger partial charge in [0.25, 0.3) is 0 Å². The van der Waals surface area contributed by atoms with Crippen LogP contribution in [-0.2, 0) is 18.3 Å². The Morgan fingerprint density at radius 2 is 1.73 bits per heavy atom. The van der Waals surface area contributed by atoms with E-state index >= 15 is 0 Å². The lowest BCUT2D eigenvalue weighted by Crippen LogP contribution is -2.42. The fraction of sp³-hybridized carbons (Fsp3) is 0.667. The fourth-order valence-corrected chi connectivity index (χ4v) is 4.41. The normalized spacial score (nSPS) is 27.5. The maximum absolute atomic E-state index is 6.23. The fourth-order valence-electron chi connectivity index (χ4n) is 4.41. The van der Waals surface area contributed by atoms with Crippen LogP contribution >= 0.6 is 0 Å². The monoisotopic (exact) mass is 303 g/mol. The van der Waals surface area contributed by atoms with Crippen LogP contribution in [0.15, 0.2) is 0 Å². The topological polar surface area (TPSA) is 53.7 Å². The molecule has 0 aromatic heterocycles. The molecule has 1 fully saturated rings. The van der Waals surface area contributed by atoms with E-state index in [1.807, 2.05) is 0 Å². The number of ether oxygens (including phenoxy) is 3. The Morgan fingerprint density at radius 1 is 1.09 bits per heavy atom. The number of hydrogen-bond donors (Lipinski definition) is 1. The molecule has 120 valence electrons. The maximum Gasteiger partial charge on any atom is 0.168 e. The molecular weight excluding hydrogens is 278 g/mol. The van der Waals surface area contributed by atoms with Crippen LogP contribution in [0.5, 0.6) is 17.2 Å². The number of methoxy groups -OCH3 is 1. The predicted molar refractivity (Wildman–Crippen MR) is 85.2 cm³/mol. The number of benzene rings is 1. The van der Waals surface area contributed by atoms with E-state index in [1.165, 1.54) is 23.1 Å². The number of nitrogens with two attached hydrogens (primary N) is 1. The molecule has 2 heterocycles. The highest BCUT2D eigenvalue weighted by atomic mass is 16.5. The minimum Gasteiger partial charge on any atom is -0.492 e. The zero-order valence-corrected chi connectivity index (χ0v) is 13.7. The SMILES string of the molecule is COc1c2c(c(C3(CN)CCC3)c3c1OC(C)C3)OC(C)C2. The van der Waals surface area contributed by atoms with Crippen molar-refractivity contribution in [3.8, 4) is 17.2 Å². The largest absolute Gasteiger partial charge is 0.492 e. The second-order valence-electron chi connectivity index (χ2n) is 7.13. The summed E-state index contributed by atoms with van der Waals surface area (Å²) in [4.78, 5) is 0. The van der Waals surface area contributed by atoms with E-state index in [2.05, 4.69) is 13.8 Å². The van der Waals surface area contributed by atoms with E-state index in [1.54, 1.807) is 7.11 Å². The first kappa shape index (κ1) is 14.2. The van der Waals surface area contributed by atoms with E-state index < -0.39 is 0 Å². The van der Waals surface area contributed by atoms with Crippen LogP contribution in [0.2, 0.25) is 0 Å². The van der Waals surface area contributed by atoms with E-state index in [-0.39, 0.29) is 17.6 Å². The molecule has 0 saturated heterocycles. The van der Waals surface area contributed by atoms with Crippen molar-refractivity contribution in [2.75, 3.05) is 13.7 Å². The van der Waals surface area contributed by atoms with Gasteiger partial charge in [0.15, 0.2) is 11.5 Å². The molecule has 1 aromatic rings. The summed E-state index contributed by atoms with van der Waals surface area (Å²) in [7, 11) is 1.73. The molecule has 2 atom stereocenters. The van der Waals surface area contributed by atoms with E-state index in [0.29, 0.717) is 6.54 Å². The van der Waals surface area contributed by atoms with Gasteiger partial charge in [-0.25, -0.2) is 0 Å². The van der Waals surface area contributed by atoms with Gasteiger partial charge >= 0.3 is 0 Å². The van der Waals surface area contributed by atoms with Crippen molar-refractivity contribution in [2.24, 2.45) is 5.73 Å². The summed E-state index contributed by atoms with van der Waals surface area (Å²) in [5.74, 6) is 2.88. The Kier molecular flexibility index (Phi) is 3.09. The molecular formula is C18H25NO3. The van der Waals surface area contributed by atoms with Gasteiger partial charge in [-0.2, -0.15) is 0 Å². The Bertz CT molecular complexity index is 577. The molecule has 4 rings (SSSR count). The Hall–Kier alpha value is -1.42. The third-order valence-corrected chi connectivity index (χ3v) is 5.61. The van der Waals surface area contributed by atoms with Gasteiger partial charge < -0.3 is 19.9 Å². The molecule has 0 spiro atoms. The van der Waals surface area contributed by atoms with Crippen molar-refractivity contribution in [1.29, 1.82) is 0 Å². The van der Waals surface area contributed by atoms with Crippen molar-refractivity contribution in [3.05, 3.63) is 16.7 Å². The third-order valence-electron chi connectivity index (χ3n) is 5.61.